The van der Waals surface area contributed by atoms with E-state index < -0.39 is 5.97 Å². The number of carboxylic acid groups (broad SMARTS) is 1. The minimum atomic E-state index is -0.796. The van der Waals surface area contributed by atoms with E-state index in [2.05, 4.69) is 16.4 Å². The fourth-order valence-electron chi connectivity index (χ4n) is 1.88. The SMILES string of the molecule is COc1cccc(CCNc2nc(CCC(=O)O)cs2)c1. The molecule has 0 aliphatic rings. The number of thiazole rings is 1. The predicted octanol–water partition coefficient (Wildman–Crippen LogP) is 2.82. The van der Waals surface area contributed by atoms with Crippen LogP contribution in [0.5, 0.6) is 5.75 Å². The molecule has 1 heterocycles. The number of benzene rings is 1. The zero-order valence-electron chi connectivity index (χ0n) is 11.8. The Balaban J connectivity index is 1.79. The highest BCUT2D eigenvalue weighted by Crippen LogP contribution is 2.17. The maximum absolute atomic E-state index is 10.5. The molecule has 0 aliphatic carbocycles. The molecular weight excluding hydrogens is 288 g/mol. The van der Waals surface area contributed by atoms with E-state index in [9.17, 15) is 4.79 Å². The van der Waals surface area contributed by atoms with Crippen molar-refractivity contribution in [3.8, 4) is 5.75 Å². The van der Waals surface area contributed by atoms with Crippen LogP contribution in [0.25, 0.3) is 0 Å². The van der Waals surface area contributed by atoms with Gasteiger partial charge in [-0.1, -0.05) is 12.1 Å². The van der Waals surface area contributed by atoms with Gasteiger partial charge in [-0.3, -0.25) is 4.79 Å². The van der Waals surface area contributed by atoms with E-state index in [1.54, 1.807) is 7.11 Å². The first-order valence-corrected chi connectivity index (χ1v) is 7.58. The highest BCUT2D eigenvalue weighted by atomic mass is 32.1. The Morgan fingerprint density at radius 1 is 1.43 bits per heavy atom. The molecule has 6 heteroatoms. The maximum Gasteiger partial charge on any atom is 0.303 e. The van der Waals surface area contributed by atoms with E-state index in [1.165, 1.54) is 16.9 Å². The number of hydrogen-bond acceptors (Lipinski definition) is 5. The predicted molar refractivity (Wildman–Crippen MR) is 83.3 cm³/mol. The number of hydrogen-bond donors (Lipinski definition) is 2. The Hall–Kier alpha value is -2.08. The number of anilines is 1. The van der Waals surface area contributed by atoms with Gasteiger partial charge in [0, 0.05) is 18.3 Å². The van der Waals surface area contributed by atoms with Crippen LogP contribution >= 0.6 is 11.3 Å². The lowest BCUT2D eigenvalue weighted by atomic mass is 10.1. The minimum Gasteiger partial charge on any atom is -0.497 e. The molecular formula is C15H18N2O3S. The van der Waals surface area contributed by atoms with Crippen LogP contribution in [0.4, 0.5) is 5.13 Å². The van der Waals surface area contributed by atoms with E-state index in [0.717, 1.165) is 29.5 Å². The smallest absolute Gasteiger partial charge is 0.303 e. The largest absolute Gasteiger partial charge is 0.497 e. The van der Waals surface area contributed by atoms with Crippen LogP contribution in [0.15, 0.2) is 29.6 Å². The number of aryl methyl sites for hydroxylation is 1. The fraction of sp³-hybridized carbons (Fsp3) is 0.333. The van der Waals surface area contributed by atoms with Crippen molar-refractivity contribution in [2.45, 2.75) is 19.3 Å². The molecule has 0 fully saturated rings. The number of rotatable bonds is 8. The molecule has 1 aromatic carbocycles. The third-order valence-corrected chi connectivity index (χ3v) is 3.82. The second-order valence-corrected chi connectivity index (χ2v) is 5.42. The quantitative estimate of drug-likeness (QED) is 0.784. The van der Waals surface area contributed by atoms with Crippen LogP contribution in [-0.4, -0.2) is 29.7 Å². The summed E-state index contributed by atoms with van der Waals surface area (Å²) in [4.78, 5) is 14.9. The second kappa shape index (κ2) is 7.64. The van der Waals surface area contributed by atoms with Gasteiger partial charge >= 0.3 is 5.97 Å². The summed E-state index contributed by atoms with van der Waals surface area (Å²) < 4.78 is 5.19. The highest BCUT2D eigenvalue weighted by Gasteiger charge is 2.04. The number of aromatic nitrogens is 1. The Morgan fingerprint density at radius 2 is 2.29 bits per heavy atom. The molecule has 5 nitrogen and oxygen atoms in total. The number of nitrogens with zero attached hydrogens (tertiary/aromatic N) is 1. The number of ether oxygens (including phenoxy) is 1. The number of aliphatic carboxylic acids is 1. The van der Waals surface area contributed by atoms with Crippen LogP contribution in [0.1, 0.15) is 17.7 Å². The van der Waals surface area contributed by atoms with Crippen LogP contribution < -0.4 is 10.1 Å². The summed E-state index contributed by atoms with van der Waals surface area (Å²) in [5, 5.41) is 14.6. The monoisotopic (exact) mass is 306 g/mol. The zero-order chi connectivity index (χ0) is 15.1. The van der Waals surface area contributed by atoms with Crippen molar-refractivity contribution in [1.29, 1.82) is 0 Å². The molecule has 21 heavy (non-hydrogen) atoms. The van der Waals surface area contributed by atoms with Crippen molar-refractivity contribution in [2.24, 2.45) is 0 Å². The molecule has 0 saturated carbocycles. The van der Waals surface area contributed by atoms with E-state index in [1.807, 2.05) is 23.6 Å². The molecule has 112 valence electrons. The van der Waals surface area contributed by atoms with Gasteiger partial charge in [0.05, 0.1) is 19.2 Å². The molecule has 0 amide bonds. The third-order valence-electron chi connectivity index (χ3n) is 2.97. The summed E-state index contributed by atoms with van der Waals surface area (Å²) in [6, 6.07) is 7.97. The Labute approximate surface area is 127 Å². The van der Waals surface area contributed by atoms with Crippen molar-refractivity contribution >= 4 is 22.4 Å². The van der Waals surface area contributed by atoms with Crippen LogP contribution in [-0.2, 0) is 17.6 Å². The average Bonchev–Trinajstić information content (AvgIpc) is 2.93. The molecule has 0 radical (unpaired) electrons. The first-order chi connectivity index (χ1) is 10.2. The Morgan fingerprint density at radius 3 is 3.05 bits per heavy atom. The fourth-order valence-corrected chi connectivity index (χ4v) is 2.65. The Bertz CT molecular complexity index is 598. The standard InChI is InChI=1S/C15H18N2O3S/c1-20-13-4-2-3-11(9-13)7-8-16-15-17-12(10-21-15)5-6-14(18)19/h2-4,9-10H,5-8H2,1H3,(H,16,17)(H,18,19). The van der Waals surface area contributed by atoms with E-state index in [4.69, 9.17) is 9.84 Å². The van der Waals surface area contributed by atoms with Gasteiger partial charge in [-0.25, -0.2) is 4.98 Å². The molecule has 2 aromatic rings. The van der Waals surface area contributed by atoms with Crippen molar-refractivity contribution < 1.29 is 14.6 Å². The zero-order valence-corrected chi connectivity index (χ0v) is 12.7. The summed E-state index contributed by atoms with van der Waals surface area (Å²) in [6.07, 6.45) is 1.47. The van der Waals surface area contributed by atoms with Gasteiger partial charge in [0.1, 0.15) is 5.75 Å². The van der Waals surface area contributed by atoms with Crippen molar-refractivity contribution in [3.63, 3.8) is 0 Å². The van der Waals surface area contributed by atoms with Gasteiger partial charge in [0.15, 0.2) is 5.13 Å². The molecule has 0 spiro atoms. The summed E-state index contributed by atoms with van der Waals surface area (Å²) in [7, 11) is 1.66. The first kappa shape index (κ1) is 15.3. The van der Waals surface area contributed by atoms with Gasteiger partial charge in [0.2, 0.25) is 0 Å². The molecule has 0 aliphatic heterocycles. The molecule has 2 N–H and O–H groups in total. The van der Waals surface area contributed by atoms with E-state index in [-0.39, 0.29) is 6.42 Å². The summed E-state index contributed by atoms with van der Waals surface area (Å²) in [5.74, 6) is 0.0632. The topological polar surface area (TPSA) is 71.5 Å². The molecule has 2 rings (SSSR count). The molecule has 0 atom stereocenters. The lowest BCUT2D eigenvalue weighted by Gasteiger charge is -2.05. The average molecular weight is 306 g/mol. The molecule has 0 bridgehead atoms. The summed E-state index contributed by atoms with van der Waals surface area (Å²) in [5.41, 5.74) is 2.02. The van der Waals surface area contributed by atoms with Crippen LogP contribution in [0, 0.1) is 0 Å². The number of carboxylic acids is 1. The van der Waals surface area contributed by atoms with Crippen molar-refractivity contribution in [2.75, 3.05) is 19.0 Å². The van der Waals surface area contributed by atoms with Crippen LogP contribution in [0.2, 0.25) is 0 Å². The molecule has 1 aromatic heterocycles. The van der Waals surface area contributed by atoms with Crippen molar-refractivity contribution in [1.82, 2.24) is 4.98 Å². The third kappa shape index (κ3) is 5.07. The minimum absolute atomic E-state index is 0.118. The van der Waals surface area contributed by atoms with Crippen molar-refractivity contribution in [3.05, 3.63) is 40.9 Å². The van der Waals surface area contributed by atoms with Crippen LogP contribution in [0.3, 0.4) is 0 Å². The Kier molecular flexibility index (Phi) is 5.57. The second-order valence-electron chi connectivity index (χ2n) is 4.57. The lowest BCUT2D eigenvalue weighted by Crippen LogP contribution is -2.05. The van der Waals surface area contributed by atoms with E-state index >= 15 is 0 Å². The maximum atomic E-state index is 10.5. The van der Waals surface area contributed by atoms with Gasteiger partial charge in [0.25, 0.3) is 0 Å². The van der Waals surface area contributed by atoms with E-state index in [0.29, 0.717) is 6.42 Å². The summed E-state index contributed by atoms with van der Waals surface area (Å²) in [6.45, 7) is 0.777. The normalized spacial score (nSPS) is 10.3. The first-order valence-electron chi connectivity index (χ1n) is 6.70. The van der Waals surface area contributed by atoms with Gasteiger partial charge in [-0.2, -0.15) is 0 Å². The number of nitrogens with one attached hydrogen (secondary N) is 1. The number of methoxy groups -OCH3 is 1. The van der Waals surface area contributed by atoms with Gasteiger partial charge < -0.3 is 15.2 Å². The van der Waals surface area contributed by atoms with Gasteiger partial charge in [-0.15, -0.1) is 11.3 Å². The number of carbonyl (C=O) groups is 1. The lowest BCUT2D eigenvalue weighted by molar-refractivity contribution is -0.136. The molecule has 0 saturated heterocycles. The molecule has 0 unspecified atom stereocenters. The highest BCUT2D eigenvalue weighted by molar-refractivity contribution is 7.13. The van der Waals surface area contributed by atoms with Gasteiger partial charge in [-0.05, 0) is 24.1 Å². The summed E-state index contributed by atoms with van der Waals surface area (Å²) >= 11 is 1.50.